The number of benzene rings is 3. The molecule has 0 atom stereocenters. The molecule has 3 rings (SSSR count). The first-order chi connectivity index (χ1) is 12.2. The van der Waals surface area contributed by atoms with Crippen molar-refractivity contribution in [3.8, 4) is 17.2 Å². The highest BCUT2D eigenvalue weighted by atomic mass is 16.5. The molecule has 4 nitrogen and oxygen atoms in total. The quantitative estimate of drug-likeness (QED) is 0.623. The van der Waals surface area contributed by atoms with Gasteiger partial charge in [0.1, 0.15) is 23.9 Å². The van der Waals surface area contributed by atoms with Crippen LogP contribution in [0.15, 0.2) is 72.8 Å². The Morgan fingerprint density at radius 1 is 0.880 bits per heavy atom. The zero-order valence-corrected chi connectivity index (χ0v) is 13.9. The van der Waals surface area contributed by atoms with Crippen LogP contribution in [-0.4, -0.2) is 6.41 Å². The second-order valence-corrected chi connectivity index (χ2v) is 5.64. The molecule has 0 bridgehead atoms. The molecule has 0 aliphatic carbocycles. The van der Waals surface area contributed by atoms with E-state index < -0.39 is 0 Å². The Labute approximate surface area is 147 Å². The number of amides is 1. The largest absolute Gasteiger partial charge is 0.489 e. The van der Waals surface area contributed by atoms with Gasteiger partial charge < -0.3 is 14.8 Å². The van der Waals surface area contributed by atoms with Crippen molar-refractivity contribution in [1.82, 2.24) is 0 Å². The number of aryl methyl sites for hydroxylation is 1. The highest BCUT2D eigenvalue weighted by Crippen LogP contribution is 2.26. The molecule has 0 aliphatic heterocycles. The van der Waals surface area contributed by atoms with Crippen LogP contribution in [0, 0.1) is 6.92 Å². The van der Waals surface area contributed by atoms with Gasteiger partial charge in [-0.1, -0.05) is 35.9 Å². The molecule has 0 fully saturated rings. The van der Waals surface area contributed by atoms with E-state index in [1.807, 2.05) is 79.7 Å². The first-order valence-corrected chi connectivity index (χ1v) is 7.99. The summed E-state index contributed by atoms with van der Waals surface area (Å²) in [7, 11) is 0. The van der Waals surface area contributed by atoms with E-state index in [1.165, 1.54) is 5.56 Å². The van der Waals surface area contributed by atoms with Crippen LogP contribution in [0.1, 0.15) is 11.1 Å². The summed E-state index contributed by atoms with van der Waals surface area (Å²) in [6.07, 6.45) is 0.659. The zero-order valence-electron chi connectivity index (χ0n) is 13.9. The van der Waals surface area contributed by atoms with E-state index in [1.54, 1.807) is 0 Å². The van der Waals surface area contributed by atoms with Crippen molar-refractivity contribution in [2.24, 2.45) is 0 Å². The minimum absolute atomic E-state index is 0.405. The molecule has 0 aliphatic rings. The van der Waals surface area contributed by atoms with E-state index >= 15 is 0 Å². The summed E-state index contributed by atoms with van der Waals surface area (Å²) >= 11 is 0. The Morgan fingerprint density at radius 3 is 2.44 bits per heavy atom. The number of carbonyl (C=O) groups excluding carboxylic acids is 1. The molecular formula is C21H19NO3. The van der Waals surface area contributed by atoms with Crippen molar-refractivity contribution < 1.29 is 14.3 Å². The van der Waals surface area contributed by atoms with Gasteiger partial charge in [0, 0.05) is 11.8 Å². The van der Waals surface area contributed by atoms with Gasteiger partial charge in [-0.2, -0.15) is 0 Å². The van der Waals surface area contributed by atoms with E-state index in [0.29, 0.717) is 13.0 Å². The van der Waals surface area contributed by atoms with Crippen LogP contribution in [0.25, 0.3) is 0 Å². The molecule has 0 aromatic heterocycles. The van der Waals surface area contributed by atoms with Crippen molar-refractivity contribution in [3.05, 3.63) is 83.9 Å². The molecule has 1 amide bonds. The number of rotatable bonds is 7. The van der Waals surface area contributed by atoms with Gasteiger partial charge in [-0.05, 0) is 48.9 Å². The molecular weight excluding hydrogens is 314 g/mol. The molecule has 0 saturated heterocycles. The van der Waals surface area contributed by atoms with Crippen LogP contribution >= 0.6 is 0 Å². The van der Waals surface area contributed by atoms with Gasteiger partial charge >= 0.3 is 0 Å². The van der Waals surface area contributed by atoms with Crippen molar-refractivity contribution in [2.45, 2.75) is 13.5 Å². The molecule has 0 unspecified atom stereocenters. The second kappa shape index (κ2) is 8.02. The minimum atomic E-state index is 0.405. The molecule has 3 aromatic rings. The normalized spacial score (nSPS) is 10.1. The molecule has 4 heteroatoms. The molecule has 126 valence electrons. The molecule has 1 N–H and O–H groups in total. The van der Waals surface area contributed by atoms with Gasteiger partial charge in [-0.15, -0.1) is 0 Å². The second-order valence-electron chi connectivity index (χ2n) is 5.64. The van der Waals surface area contributed by atoms with Gasteiger partial charge in [0.25, 0.3) is 0 Å². The highest BCUT2D eigenvalue weighted by molar-refractivity contribution is 5.71. The Morgan fingerprint density at radius 2 is 1.64 bits per heavy atom. The summed E-state index contributed by atoms with van der Waals surface area (Å²) in [6.45, 7) is 2.44. The van der Waals surface area contributed by atoms with E-state index in [0.717, 1.165) is 28.5 Å². The number of hydrogen-bond donors (Lipinski definition) is 1. The first kappa shape index (κ1) is 16.6. The van der Waals surface area contributed by atoms with E-state index in [-0.39, 0.29) is 0 Å². The third-order valence-electron chi connectivity index (χ3n) is 3.62. The minimum Gasteiger partial charge on any atom is -0.489 e. The number of hydrogen-bond acceptors (Lipinski definition) is 3. The maximum atomic E-state index is 10.5. The Kier molecular flexibility index (Phi) is 5.32. The zero-order chi connectivity index (χ0) is 17.5. The van der Waals surface area contributed by atoms with Crippen LogP contribution in [0.3, 0.4) is 0 Å². The maximum Gasteiger partial charge on any atom is 0.211 e. The number of carbonyl (C=O) groups is 1. The lowest BCUT2D eigenvalue weighted by Crippen LogP contribution is -1.98. The lowest BCUT2D eigenvalue weighted by molar-refractivity contribution is -0.105. The van der Waals surface area contributed by atoms with Gasteiger partial charge in [-0.3, -0.25) is 4.79 Å². The average Bonchev–Trinajstić information content (AvgIpc) is 2.63. The predicted molar refractivity (Wildman–Crippen MR) is 98.2 cm³/mol. The summed E-state index contributed by atoms with van der Waals surface area (Å²) in [5.41, 5.74) is 2.90. The predicted octanol–water partition coefficient (Wildman–Crippen LogP) is 4.93. The highest BCUT2D eigenvalue weighted by Gasteiger charge is 2.02. The Hall–Kier alpha value is -3.27. The van der Waals surface area contributed by atoms with Crippen molar-refractivity contribution >= 4 is 12.1 Å². The van der Waals surface area contributed by atoms with Gasteiger partial charge in [0.2, 0.25) is 6.41 Å². The number of ether oxygens (including phenoxy) is 2. The number of anilines is 1. The third kappa shape index (κ3) is 4.85. The first-order valence-electron chi connectivity index (χ1n) is 7.99. The van der Waals surface area contributed by atoms with E-state index in [2.05, 4.69) is 5.32 Å². The molecule has 0 spiro atoms. The summed E-state index contributed by atoms with van der Waals surface area (Å²) in [6, 6.07) is 22.9. The van der Waals surface area contributed by atoms with Crippen molar-refractivity contribution in [2.75, 3.05) is 5.32 Å². The van der Waals surface area contributed by atoms with Crippen LogP contribution in [0.4, 0.5) is 5.69 Å². The molecule has 0 heterocycles. The monoisotopic (exact) mass is 333 g/mol. The standard InChI is InChI=1S/C21H19NO3/c1-16-8-10-19(11-9-16)25-21-7-3-6-20(13-21)24-14-17-4-2-5-18(12-17)22-15-23/h2-13,15H,14H2,1H3,(H,22,23). The van der Waals surface area contributed by atoms with Crippen molar-refractivity contribution in [3.63, 3.8) is 0 Å². The van der Waals surface area contributed by atoms with Crippen LogP contribution in [-0.2, 0) is 11.4 Å². The molecule has 25 heavy (non-hydrogen) atoms. The topological polar surface area (TPSA) is 47.6 Å². The SMILES string of the molecule is Cc1ccc(Oc2cccc(OCc3cccc(NC=O)c3)c2)cc1. The third-order valence-corrected chi connectivity index (χ3v) is 3.62. The molecule has 0 radical (unpaired) electrons. The summed E-state index contributed by atoms with van der Waals surface area (Å²) in [5.74, 6) is 2.23. The smallest absolute Gasteiger partial charge is 0.211 e. The Balaban J connectivity index is 1.64. The molecule has 0 saturated carbocycles. The summed E-state index contributed by atoms with van der Waals surface area (Å²) in [5, 5.41) is 2.63. The van der Waals surface area contributed by atoms with Gasteiger partial charge in [0.05, 0.1) is 0 Å². The van der Waals surface area contributed by atoms with Crippen molar-refractivity contribution in [1.29, 1.82) is 0 Å². The Bertz CT molecular complexity index is 844. The van der Waals surface area contributed by atoms with Gasteiger partial charge in [-0.25, -0.2) is 0 Å². The average molecular weight is 333 g/mol. The lowest BCUT2D eigenvalue weighted by atomic mass is 10.2. The van der Waals surface area contributed by atoms with E-state index in [9.17, 15) is 4.79 Å². The fourth-order valence-electron chi connectivity index (χ4n) is 2.36. The molecule has 3 aromatic carbocycles. The van der Waals surface area contributed by atoms with E-state index in [4.69, 9.17) is 9.47 Å². The maximum absolute atomic E-state index is 10.5. The fraction of sp³-hybridized carbons (Fsp3) is 0.0952. The summed E-state index contributed by atoms with van der Waals surface area (Å²) in [4.78, 5) is 10.5. The van der Waals surface area contributed by atoms with Crippen LogP contribution < -0.4 is 14.8 Å². The summed E-state index contributed by atoms with van der Waals surface area (Å²) < 4.78 is 11.7. The lowest BCUT2D eigenvalue weighted by Gasteiger charge is -2.10. The number of nitrogens with one attached hydrogen (secondary N) is 1. The van der Waals surface area contributed by atoms with Crippen LogP contribution in [0.5, 0.6) is 17.2 Å². The van der Waals surface area contributed by atoms with Crippen LogP contribution in [0.2, 0.25) is 0 Å². The fourth-order valence-corrected chi connectivity index (χ4v) is 2.36. The van der Waals surface area contributed by atoms with Gasteiger partial charge in [0.15, 0.2) is 0 Å².